The van der Waals surface area contributed by atoms with Gasteiger partial charge in [-0.1, -0.05) is 44.5 Å². The van der Waals surface area contributed by atoms with Crippen LogP contribution in [0.25, 0.3) is 0 Å². The third-order valence-corrected chi connectivity index (χ3v) is 3.82. The molecule has 0 heterocycles. The maximum absolute atomic E-state index is 11.9. The van der Waals surface area contributed by atoms with Gasteiger partial charge in [0.05, 0.1) is 6.04 Å². The van der Waals surface area contributed by atoms with E-state index in [4.69, 9.17) is 0 Å². The van der Waals surface area contributed by atoms with E-state index >= 15 is 0 Å². The van der Waals surface area contributed by atoms with E-state index in [9.17, 15) is 4.79 Å². The Balaban J connectivity index is 1.91. The summed E-state index contributed by atoms with van der Waals surface area (Å²) in [5, 5.41) is 3.10. The molecule has 1 aliphatic carbocycles. The van der Waals surface area contributed by atoms with Gasteiger partial charge in [0.15, 0.2) is 0 Å². The molecule has 1 aromatic rings. The summed E-state index contributed by atoms with van der Waals surface area (Å²) >= 11 is 0. The zero-order valence-electron chi connectivity index (χ0n) is 11.6. The molecule has 0 aromatic heterocycles. The van der Waals surface area contributed by atoms with E-state index < -0.39 is 0 Å². The van der Waals surface area contributed by atoms with Gasteiger partial charge in [0.25, 0.3) is 0 Å². The average Bonchev–Trinajstić information content (AvgIpc) is 3.08. The van der Waals surface area contributed by atoms with Crippen LogP contribution in [0.1, 0.15) is 50.8 Å². The van der Waals surface area contributed by atoms with Crippen LogP contribution in [0.5, 0.6) is 0 Å². The summed E-state index contributed by atoms with van der Waals surface area (Å²) in [6.07, 6.45) is 3.35. The molecule has 2 rings (SSSR count). The molecule has 0 unspecified atom stereocenters. The molecule has 1 aliphatic rings. The van der Waals surface area contributed by atoms with Crippen LogP contribution in [0.15, 0.2) is 24.3 Å². The van der Waals surface area contributed by atoms with Crippen molar-refractivity contribution in [3.05, 3.63) is 35.4 Å². The Morgan fingerprint density at radius 1 is 1.39 bits per heavy atom. The van der Waals surface area contributed by atoms with Gasteiger partial charge in [-0.25, -0.2) is 0 Å². The van der Waals surface area contributed by atoms with Crippen molar-refractivity contribution >= 4 is 5.91 Å². The molecule has 1 amide bonds. The second kappa shape index (κ2) is 5.55. The van der Waals surface area contributed by atoms with Gasteiger partial charge in [0.2, 0.25) is 5.91 Å². The molecule has 0 bridgehead atoms. The second-order valence-corrected chi connectivity index (χ2v) is 5.54. The number of amides is 1. The van der Waals surface area contributed by atoms with Crippen molar-refractivity contribution in [3.63, 3.8) is 0 Å². The average molecular weight is 245 g/mol. The number of carbonyl (C=O) groups is 1. The van der Waals surface area contributed by atoms with E-state index in [1.165, 1.54) is 17.5 Å². The molecule has 3 atom stereocenters. The van der Waals surface area contributed by atoms with Crippen LogP contribution < -0.4 is 5.32 Å². The Labute approximate surface area is 110 Å². The maximum atomic E-state index is 11.9. The van der Waals surface area contributed by atoms with E-state index in [0.29, 0.717) is 5.92 Å². The summed E-state index contributed by atoms with van der Waals surface area (Å²) in [5.74, 6) is 1.04. The quantitative estimate of drug-likeness (QED) is 0.845. The molecule has 2 heteroatoms. The summed E-state index contributed by atoms with van der Waals surface area (Å²) in [7, 11) is 0. The Morgan fingerprint density at radius 3 is 2.50 bits per heavy atom. The Hall–Kier alpha value is -1.31. The lowest BCUT2D eigenvalue weighted by atomic mass is 10.0. The minimum atomic E-state index is 0.112. The van der Waals surface area contributed by atoms with Crippen LogP contribution in [0, 0.1) is 11.8 Å². The molecule has 2 nitrogen and oxygen atoms in total. The largest absolute Gasteiger partial charge is 0.349 e. The van der Waals surface area contributed by atoms with Gasteiger partial charge in [0, 0.05) is 5.92 Å². The number of benzene rings is 1. The van der Waals surface area contributed by atoms with Crippen LogP contribution in [-0.2, 0) is 11.2 Å². The first-order chi connectivity index (χ1) is 8.61. The van der Waals surface area contributed by atoms with E-state index in [-0.39, 0.29) is 17.9 Å². The second-order valence-electron chi connectivity index (χ2n) is 5.54. The van der Waals surface area contributed by atoms with Crippen LogP contribution in [0.3, 0.4) is 0 Å². The van der Waals surface area contributed by atoms with Crippen molar-refractivity contribution in [1.82, 2.24) is 5.32 Å². The summed E-state index contributed by atoms with van der Waals surface area (Å²) in [5.41, 5.74) is 2.56. The summed E-state index contributed by atoms with van der Waals surface area (Å²) in [6, 6.07) is 8.71. The molecule has 0 aliphatic heterocycles. The third kappa shape index (κ3) is 3.12. The van der Waals surface area contributed by atoms with Crippen LogP contribution >= 0.6 is 0 Å². The fourth-order valence-corrected chi connectivity index (χ4v) is 2.35. The molecular weight excluding hydrogens is 222 g/mol. The van der Waals surface area contributed by atoms with Crippen LogP contribution in [0.2, 0.25) is 0 Å². The van der Waals surface area contributed by atoms with Gasteiger partial charge < -0.3 is 5.32 Å². The SMILES string of the molecule is CCCc1ccc([C@H](C)NC(=O)[C@@H]2C[C@H]2C)cc1. The highest BCUT2D eigenvalue weighted by Gasteiger charge is 2.39. The lowest BCUT2D eigenvalue weighted by molar-refractivity contribution is -0.123. The predicted octanol–water partition coefficient (Wildman–Crippen LogP) is 3.47. The van der Waals surface area contributed by atoms with Gasteiger partial charge >= 0.3 is 0 Å². The van der Waals surface area contributed by atoms with Crippen molar-refractivity contribution in [2.45, 2.75) is 46.1 Å². The highest BCUT2D eigenvalue weighted by atomic mass is 16.2. The maximum Gasteiger partial charge on any atom is 0.223 e. The lowest BCUT2D eigenvalue weighted by Gasteiger charge is -2.14. The Kier molecular flexibility index (Phi) is 4.05. The van der Waals surface area contributed by atoms with Crippen molar-refractivity contribution in [2.24, 2.45) is 11.8 Å². The van der Waals surface area contributed by atoms with Crippen molar-refractivity contribution in [3.8, 4) is 0 Å². The van der Waals surface area contributed by atoms with E-state index in [1.807, 2.05) is 0 Å². The highest BCUT2D eigenvalue weighted by molar-refractivity contribution is 5.81. The van der Waals surface area contributed by atoms with Gasteiger partial charge in [-0.3, -0.25) is 4.79 Å². The first-order valence-electron chi connectivity index (χ1n) is 7.01. The van der Waals surface area contributed by atoms with Crippen LogP contribution in [-0.4, -0.2) is 5.91 Å². The first kappa shape index (κ1) is 13.1. The summed E-state index contributed by atoms with van der Waals surface area (Å²) < 4.78 is 0. The standard InChI is InChI=1S/C16H23NO/c1-4-5-13-6-8-14(9-7-13)12(3)17-16(18)15-10-11(15)2/h6-9,11-12,15H,4-5,10H2,1-3H3,(H,17,18)/t11-,12+,15-/m1/s1. The Bertz CT molecular complexity index is 410. The predicted molar refractivity (Wildman–Crippen MR) is 74.3 cm³/mol. The lowest BCUT2D eigenvalue weighted by Crippen LogP contribution is -2.28. The van der Waals surface area contributed by atoms with Gasteiger partial charge in [-0.2, -0.15) is 0 Å². The Morgan fingerprint density at radius 2 is 2.00 bits per heavy atom. The minimum Gasteiger partial charge on any atom is -0.349 e. The van der Waals surface area contributed by atoms with Crippen molar-refractivity contribution in [2.75, 3.05) is 0 Å². The number of nitrogens with one attached hydrogen (secondary N) is 1. The molecule has 0 saturated heterocycles. The molecule has 0 radical (unpaired) electrons. The summed E-state index contributed by atoms with van der Waals surface area (Å²) in [6.45, 7) is 6.38. The highest BCUT2D eigenvalue weighted by Crippen LogP contribution is 2.38. The molecule has 1 saturated carbocycles. The number of hydrogen-bond acceptors (Lipinski definition) is 1. The summed E-state index contributed by atoms with van der Waals surface area (Å²) in [4.78, 5) is 11.9. The molecule has 98 valence electrons. The molecular formula is C16H23NO. The fourth-order valence-electron chi connectivity index (χ4n) is 2.35. The first-order valence-corrected chi connectivity index (χ1v) is 7.01. The van der Waals surface area contributed by atoms with Gasteiger partial charge in [-0.05, 0) is 36.8 Å². The molecule has 1 aromatic carbocycles. The topological polar surface area (TPSA) is 29.1 Å². The van der Waals surface area contributed by atoms with Crippen molar-refractivity contribution < 1.29 is 4.79 Å². The molecule has 1 N–H and O–H groups in total. The molecule has 18 heavy (non-hydrogen) atoms. The number of hydrogen-bond donors (Lipinski definition) is 1. The third-order valence-electron chi connectivity index (χ3n) is 3.82. The smallest absolute Gasteiger partial charge is 0.223 e. The minimum absolute atomic E-state index is 0.112. The fraction of sp³-hybridized carbons (Fsp3) is 0.562. The number of carbonyl (C=O) groups excluding carboxylic acids is 1. The van der Waals surface area contributed by atoms with Gasteiger partial charge in [-0.15, -0.1) is 0 Å². The van der Waals surface area contributed by atoms with E-state index in [2.05, 4.69) is 50.4 Å². The number of rotatable bonds is 5. The number of aryl methyl sites for hydroxylation is 1. The zero-order valence-corrected chi connectivity index (χ0v) is 11.6. The van der Waals surface area contributed by atoms with Crippen molar-refractivity contribution in [1.29, 1.82) is 0 Å². The zero-order chi connectivity index (χ0) is 13.1. The molecule has 0 spiro atoms. The van der Waals surface area contributed by atoms with E-state index in [1.54, 1.807) is 0 Å². The normalized spacial score (nSPS) is 23.5. The van der Waals surface area contributed by atoms with E-state index in [0.717, 1.165) is 12.8 Å². The van der Waals surface area contributed by atoms with Crippen LogP contribution in [0.4, 0.5) is 0 Å². The molecule has 1 fully saturated rings. The van der Waals surface area contributed by atoms with Gasteiger partial charge in [0.1, 0.15) is 0 Å². The monoisotopic (exact) mass is 245 g/mol.